The molecule has 0 saturated heterocycles. The number of nitrogens with zero attached hydrogens (tertiary/aromatic N) is 1. The van der Waals surface area contributed by atoms with E-state index in [1.807, 2.05) is 0 Å². The number of hydrogen-bond acceptors (Lipinski definition) is 7. The molecule has 0 aromatic heterocycles. The number of hydrogen-bond donors (Lipinski definition) is 4. The van der Waals surface area contributed by atoms with Crippen molar-refractivity contribution in [3.63, 3.8) is 0 Å². The van der Waals surface area contributed by atoms with Crippen molar-refractivity contribution in [3.8, 4) is 0 Å². The summed E-state index contributed by atoms with van der Waals surface area (Å²) in [7, 11) is 0. The Labute approximate surface area is 179 Å². The van der Waals surface area contributed by atoms with E-state index in [9.17, 15) is 19.2 Å². The van der Waals surface area contributed by atoms with Crippen LogP contribution in [0.2, 0.25) is 0 Å². The number of alkyl carbamates (subject to hydrolysis) is 1. The summed E-state index contributed by atoms with van der Waals surface area (Å²) in [4.78, 5) is 50.6. The molecule has 0 bridgehead atoms. The molecule has 5 N–H and O–H groups in total. The molecule has 1 aromatic rings. The van der Waals surface area contributed by atoms with Gasteiger partial charge >= 0.3 is 18.0 Å². The molecule has 1 rings (SSSR count). The average Bonchev–Trinajstić information content (AvgIpc) is 2.66. The number of carboxylic acids is 1. The molecule has 2 amide bonds. The van der Waals surface area contributed by atoms with Gasteiger partial charge in [0, 0.05) is 25.5 Å². The minimum atomic E-state index is -1.09. The van der Waals surface area contributed by atoms with Gasteiger partial charge in [-0.2, -0.15) is 0 Å². The van der Waals surface area contributed by atoms with Crippen molar-refractivity contribution in [3.05, 3.63) is 35.4 Å². The highest BCUT2D eigenvalue weighted by atomic mass is 16.7. The number of nitrogens with one attached hydrogen (secondary N) is 2. The Bertz CT molecular complexity index is 829. The molecule has 0 aliphatic heterocycles. The number of nitrogens with two attached hydrogens (primary N) is 1. The molecule has 31 heavy (non-hydrogen) atoms. The van der Waals surface area contributed by atoms with Gasteiger partial charge in [0.25, 0.3) is 0 Å². The second kappa shape index (κ2) is 11.5. The van der Waals surface area contributed by atoms with Crippen LogP contribution in [0.3, 0.4) is 0 Å². The third kappa shape index (κ3) is 10.6. The quantitative estimate of drug-likeness (QED) is 0.194. The molecule has 0 aliphatic rings. The first-order valence-electron chi connectivity index (χ1n) is 9.46. The lowest BCUT2D eigenvalue weighted by Gasteiger charge is -2.23. The molecular weight excluding hydrogens is 408 g/mol. The van der Waals surface area contributed by atoms with Gasteiger partial charge in [0.05, 0.1) is 0 Å². The summed E-state index contributed by atoms with van der Waals surface area (Å²) in [6.45, 7) is 6.34. The van der Waals surface area contributed by atoms with Gasteiger partial charge in [-0.05, 0) is 32.8 Å². The largest absolute Gasteiger partial charge is 0.481 e. The van der Waals surface area contributed by atoms with E-state index in [1.165, 1.54) is 6.92 Å². The summed E-state index contributed by atoms with van der Waals surface area (Å²) in [5, 5.41) is 17.4. The van der Waals surface area contributed by atoms with Gasteiger partial charge in [-0.3, -0.25) is 9.59 Å². The van der Waals surface area contributed by atoms with E-state index in [0.29, 0.717) is 11.1 Å². The number of carboxylic acid groups (broad SMARTS) is 1. The van der Waals surface area contributed by atoms with Crippen LogP contribution in [0.4, 0.5) is 4.79 Å². The molecule has 0 spiro atoms. The number of rotatable bonds is 9. The predicted molar refractivity (Wildman–Crippen MR) is 111 cm³/mol. The van der Waals surface area contributed by atoms with E-state index >= 15 is 0 Å². The highest BCUT2D eigenvalue weighted by molar-refractivity contribution is 5.97. The number of carbonyl (C=O) groups excluding carboxylic acids is 3. The summed E-state index contributed by atoms with van der Waals surface area (Å²) in [6.07, 6.45) is -1.21. The van der Waals surface area contributed by atoms with Gasteiger partial charge in [0.1, 0.15) is 11.6 Å². The molecule has 11 nitrogen and oxygen atoms in total. The Morgan fingerprint density at radius 2 is 1.77 bits per heavy atom. The van der Waals surface area contributed by atoms with Crippen molar-refractivity contribution in [2.24, 2.45) is 10.9 Å². The Morgan fingerprint density at radius 1 is 1.16 bits per heavy atom. The fourth-order valence-electron chi connectivity index (χ4n) is 2.26. The summed E-state index contributed by atoms with van der Waals surface area (Å²) in [6, 6.07) is 5.55. The van der Waals surface area contributed by atoms with Crippen molar-refractivity contribution >= 4 is 29.8 Å². The molecule has 1 aromatic carbocycles. The van der Waals surface area contributed by atoms with E-state index < -0.39 is 35.6 Å². The van der Waals surface area contributed by atoms with Crippen LogP contribution in [0, 0.1) is 0 Å². The summed E-state index contributed by atoms with van der Waals surface area (Å²) < 4.78 is 5.13. The molecule has 1 atom stereocenters. The number of ether oxygens (including phenoxy) is 1. The summed E-state index contributed by atoms with van der Waals surface area (Å²) >= 11 is 0. The maximum absolute atomic E-state index is 12.5. The molecule has 0 saturated carbocycles. The zero-order valence-corrected chi connectivity index (χ0v) is 17.9. The summed E-state index contributed by atoms with van der Waals surface area (Å²) in [5.41, 5.74) is 6.17. The minimum Gasteiger partial charge on any atom is -0.481 e. The second-order valence-corrected chi connectivity index (χ2v) is 7.61. The van der Waals surface area contributed by atoms with Gasteiger partial charge in [0.15, 0.2) is 5.84 Å². The van der Waals surface area contributed by atoms with Gasteiger partial charge in [-0.1, -0.05) is 29.4 Å². The Morgan fingerprint density at radius 3 is 2.29 bits per heavy atom. The predicted octanol–water partition coefficient (Wildman–Crippen LogP) is 1.24. The first-order chi connectivity index (χ1) is 14.4. The first kappa shape index (κ1) is 25.4. The monoisotopic (exact) mass is 436 g/mol. The maximum atomic E-state index is 12.5. The fraction of sp³-hybridized carbons (Fsp3) is 0.450. The van der Waals surface area contributed by atoms with E-state index in [4.69, 9.17) is 15.6 Å². The molecule has 1 unspecified atom stereocenters. The summed E-state index contributed by atoms with van der Waals surface area (Å²) in [5.74, 6) is -2.22. The molecule has 0 aliphatic carbocycles. The highest BCUT2D eigenvalue weighted by Crippen LogP contribution is 2.09. The topological polar surface area (TPSA) is 169 Å². The lowest BCUT2D eigenvalue weighted by atomic mass is 10.1. The van der Waals surface area contributed by atoms with Crippen molar-refractivity contribution in [2.75, 3.05) is 0 Å². The third-order valence-corrected chi connectivity index (χ3v) is 3.64. The van der Waals surface area contributed by atoms with E-state index in [1.54, 1.807) is 45.0 Å². The van der Waals surface area contributed by atoms with Crippen LogP contribution in [0.1, 0.15) is 51.7 Å². The van der Waals surface area contributed by atoms with Crippen LogP contribution in [-0.4, -0.2) is 46.5 Å². The second-order valence-electron chi connectivity index (χ2n) is 7.61. The number of amidine groups is 1. The standard InChI is InChI=1S/C20H28N4O7/c1-12(25)31-24-17(21)14-7-5-13(6-8-14)11-22-18(28)15(9-10-16(26)27)23-19(29)30-20(2,3)4/h5-8,15H,9-11H2,1-4H3,(H2,21,24)(H,22,28)(H,23,29)(H,26,27). The highest BCUT2D eigenvalue weighted by Gasteiger charge is 2.24. The van der Waals surface area contributed by atoms with Gasteiger partial charge in [-0.25, -0.2) is 9.59 Å². The molecular formula is C20H28N4O7. The maximum Gasteiger partial charge on any atom is 0.408 e. The van der Waals surface area contributed by atoms with Crippen molar-refractivity contribution in [2.45, 2.75) is 58.7 Å². The van der Waals surface area contributed by atoms with Crippen LogP contribution >= 0.6 is 0 Å². The number of amides is 2. The third-order valence-electron chi connectivity index (χ3n) is 3.64. The van der Waals surface area contributed by atoms with Crippen LogP contribution in [0.25, 0.3) is 0 Å². The fourth-order valence-corrected chi connectivity index (χ4v) is 2.26. The van der Waals surface area contributed by atoms with Crippen LogP contribution < -0.4 is 16.4 Å². The number of benzene rings is 1. The number of carbonyl (C=O) groups is 4. The molecule has 0 heterocycles. The Hall–Kier alpha value is -3.63. The molecule has 170 valence electrons. The van der Waals surface area contributed by atoms with Crippen molar-refractivity contribution in [1.82, 2.24) is 10.6 Å². The van der Waals surface area contributed by atoms with Crippen molar-refractivity contribution in [1.29, 1.82) is 0 Å². The van der Waals surface area contributed by atoms with Crippen LogP contribution in [-0.2, 0) is 30.5 Å². The number of aliphatic carboxylic acids is 1. The molecule has 0 radical (unpaired) electrons. The van der Waals surface area contributed by atoms with Crippen molar-refractivity contribution < 1.29 is 33.9 Å². The van der Waals surface area contributed by atoms with Gasteiger partial charge in [0.2, 0.25) is 5.91 Å². The van der Waals surface area contributed by atoms with E-state index in [-0.39, 0.29) is 25.2 Å². The molecule has 0 fully saturated rings. The van der Waals surface area contributed by atoms with Crippen LogP contribution in [0.5, 0.6) is 0 Å². The lowest BCUT2D eigenvalue weighted by molar-refractivity contribution is -0.141. The Kier molecular flexibility index (Phi) is 9.45. The average molecular weight is 436 g/mol. The van der Waals surface area contributed by atoms with Gasteiger partial charge in [-0.15, -0.1) is 0 Å². The zero-order valence-electron chi connectivity index (χ0n) is 17.9. The Balaban J connectivity index is 2.73. The SMILES string of the molecule is CC(=O)O/N=C(/N)c1ccc(CNC(=O)C(CCC(=O)O)NC(=O)OC(C)(C)C)cc1. The lowest BCUT2D eigenvalue weighted by Crippen LogP contribution is -2.48. The van der Waals surface area contributed by atoms with E-state index in [0.717, 1.165) is 0 Å². The minimum absolute atomic E-state index is 0.0149. The van der Waals surface area contributed by atoms with E-state index in [2.05, 4.69) is 20.6 Å². The van der Waals surface area contributed by atoms with Gasteiger partial charge < -0.3 is 31.0 Å². The smallest absolute Gasteiger partial charge is 0.408 e. The zero-order chi connectivity index (χ0) is 23.6. The van der Waals surface area contributed by atoms with Crippen LogP contribution in [0.15, 0.2) is 29.4 Å². The number of oxime groups is 1. The molecule has 11 heteroatoms. The normalized spacial score (nSPS) is 12.5. The first-order valence-corrected chi connectivity index (χ1v) is 9.46.